The molecule has 3 aromatic rings. The Morgan fingerprint density at radius 3 is 1.95 bits per heavy atom. The number of aromatic hydroxyl groups is 3. The van der Waals surface area contributed by atoms with Crippen LogP contribution in [0, 0.1) is 12.8 Å². The average Bonchev–Trinajstić information content (AvgIpc) is 2.89. The molecule has 3 aromatic carbocycles. The molecule has 8 nitrogen and oxygen atoms in total. The van der Waals surface area contributed by atoms with Gasteiger partial charge >= 0.3 is 0 Å². The van der Waals surface area contributed by atoms with E-state index in [1.807, 2.05) is 0 Å². The Morgan fingerprint density at radius 2 is 1.35 bits per heavy atom. The molecular weight excluding hydrogens is 583 g/mol. The number of aliphatic hydroxyl groups is 1. The molecule has 2 atom stereocenters. The van der Waals surface area contributed by atoms with Crippen molar-refractivity contribution >= 4 is 46.4 Å². The molecule has 2 aliphatic carbocycles. The summed E-state index contributed by atoms with van der Waals surface area (Å²) < 4.78 is 10.7. The van der Waals surface area contributed by atoms with Gasteiger partial charge in [0.1, 0.15) is 28.7 Å². The van der Waals surface area contributed by atoms with Crippen LogP contribution in [0.3, 0.4) is 0 Å². The first-order valence-electron chi connectivity index (χ1n) is 12.2. The fourth-order valence-electron chi connectivity index (χ4n) is 6.29. The first-order chi connectivity index (χ1) is 18.6. The SMILES string of the molecule is COc1cc(O)c(-c2cc(OC)c(Cl)c3c2C(=O)[C@@]2(O)C(=O)c4c(O)cc(O)c(Cl)c4C(C)(C)[C@H]2C3)c(C)c1Cl. The number of halogens is 3. The van der Waals surface area contributed by atoms with Crippen LogP contribution in [0.4, 0.5) is 0 Å². The predicted octanol–water partition coefficient (Wildman–Crippen LogP) is 6.02. The molecule has 0 spiro atoms. The van der Waals surface area contributed by atoms with E-state index in [-0.39, 0.29) is 72.1 Å². The van der Waals surface area contributed by atoms with Crippen molar-refractivity contribution in [3.63, 3.8) is 0 Å². The Kier molecular flexibility index (Phi) is 6.51. The number of rotatable bonds is 3. The Balaban J connectivity index is 1.88. The summed E-state index contributed by atoms with van der Waals surface area (Å²) in [6, 6.07) is 3.63. The van der Waals surface area contributed by atoms with Crippen LogP contribution in [0.2, 0.25) is 15.1 Å². The number of ether oxygens (including phenoxy) is 2. The van der Waals surface area contributed by atoms with Crippen LogP contribution in [0.5, 0.6) is 28.7 Å². The molecule has 0 saturated heterocycles. The molecule has 5 rings (SSSR count). The first-order valence-corrected chi connectivity index (χ1v) is 13.3. The highest BCUT2D eigenvalue weighted by Crippen LogP contribution is 2.58. The number of carbonyl (C=O) groups is 2. The van der Waals surface area contributed by atoms with Crippen LogP contribution in [-0.2, 0) is 11.8 Å². The number of Topliss-reactive ketones (excluding diaryl/α,β-unsaturated/α-hetero) is 2. The molecular formula is C29H25Cl3O8. The van der Waals surface area contributed by atoms with Gasteiger partial charge in [-0.05, 0) is 41.5 Å². The van der Waals surface area contributed by atoms with Crippen LogP contribution in [0.25, 0.3) is 11.1 Å². The van der Waals surface area contributed by atoms with E-state index in [1.54, 1.807) is 20.8 Å². The number of ketones is 2. The molecule has 0 unspecified atom stereocenters. The fourth-order valence-corrected chi connectivity index (χ4v) is 7.21. The van der Waals surface area contributed by atoms with Gasteiger partial charge in [0.25, 0.3) is 0 Å². The van der Waals surface area contributed by atoms with E-state index in [9.17, 15) is 30.0 Å². The van der Waals surface area contributed by atoms with Gasteiger partial charge in [0.05, 0.1) is 34.9 Å². The second-order valence-corrected chi connectivity index (χ2v) is 11.7. The summed E-state index contributed by atoms with van der Waals surface area (Å²) in [5.74, 6) is -4.09. The van der Waals surface area contributed by atoms with Gasteiger partial charge in [-0.3, -0.25) is 9.59 Å². The number of benzene rings is 3. The van der Waals surface area contributed by atoms with Crippen molar-refractivity contribution in [3.05, 3.63) is 61.1 Å². The van der Waals surface area contributed by atoms with E-state index in [0.717, 1.165) is 6.07 Å². The van der Waals surface area contributed by atoms with Crippen molar-refractivity contribution in [3.8, 4) is 39.9 Å². The lowest BCUT2D eigenvalue weighted by atomic mass is 9.52. The molecule has 40 heavy (non-hydrogen) atoms. The largest absolute Gasteiger partial charge is 0.507 e. The van der Waals surface area contributed by atoms with Gasteiger partial charge < -0.3 is 29.9 Å². The third-order valence-corrected chi connectivity index (χ3v) is 9.55. The van der Waals surface area contributed by atoms with Gasteiger partial charge in [-0.15, -0.1) is 0 Å². The minimum Gasteiger partial charge on any atom is -0.507 e. The summed E-state index contributed by atoms with van der Waals surface area (Å²) in [6.45, 7) is 4.94. The maximum Gasteiger partial charge on any atom is 0.206 e. The minimum atomic E-state index is -2.65. The number of phenols is 3. The van der Waals surface area contributed by atoms with Crippen molar-refractivity contribution in [2.24, 2.45) is 5.92 Å². The van der Waals surface area contributed by atoms with E-state index in [4.69, 9.17) is 44.3 Å². The summed E-state index contributed by atoms with van der Waals surface area (Å²) in [7, 11) is 2.78. The number of methoxy groups -OCH3 is 2. The highest BCUT2D eigenvalue weighted by atomic mass is 35.5. The Morgan fingerprint density at radius 1 is 0.800 bits per heavy atom. The topological polar surface area (TPSA) is 134 Å². The number of phenolic OH excluding ortho intramolecular Hbond substituents is 3. The van der Waals surface area contributed by atoms with Crippen molar-refractivity contribution in [1.82, 2.24) is 0 Å². The quantitative estimate of drug-likeness (QED) is 0.266. The van der Waals surface area contributed by atoms with E-state index in [0.29, 0.717) is 5.56 Å². The van der Waals surface area contributed by atoms with E-state index < -0.39 is 40.0 Å². The van der Waals surface area contributed by atoms with Crippen LogP contribution in [-0.4, -0.2) is 51.8 Å². The van der Waals surface area contributed by atoms with Gasteiger partial charge in [0.2, 0.25) is 11.6 Å². The van der Waals surface area contributed by atoms with E-state index in [1.165, 1.54) is 26.4 Å². The maximum absolute atomic E-state index is 14.4. The molecule has 0 radical (unpaired) electrons. The van der Waals surface area contributed by atoms with Crippen LogP contribution >= 0.6 is 34.8 Å². The second kappa shape index (κ2) is 9.17. The molecule has 0 amide bonds. The minimum absolute atomic E-state index is 0.0881. The monoisotopic (exact) mass is 606 g/mol. The summed E-state index contributed by atoms with van der Waals surface area (Å²) in [6.07, 6.45) is -0.0881. The second-order valence-electron chi connectivity index (χ2n) is 10.6. The summed E-state index contributed by atoms with van der Waals surface area (Å²) >= 11 is 19.7. The summed E-state index contributed by atoms with van der Waals surface area (Å²) in [4.78, 5) is 28.4. The zero-order chi connectivity index (χ0) is 29.6. The Labute approximate surface area is 244 Å². The first kappa shape index (κ1) is 28.4. The molecule has 210 valence electrons. The average molecular weight is 608 g/mol. The van der Waals surface area contributed by atoms with Gasteiger partial charge in [0.15, 0.2) is 5.60 Å². The van der Waals surface area contributed by atoms with E-state index in [2.05, 4.69) is 0 Å². The zero-order valence-corrected chi connectivity index (χ0v) is 24.3. The highest BCUT2D eigenvalue weighted by molar-refractivity contribution is 6.37. The van der Waals surface area contributed by atoms with Crippen LogP contribution < -0.4 is 9.47 Å². The highest BCUT2D eigenvalue weighted by Gasteiger charge is 2.64. The standard InChI is InChI=1S/C29H25Cl3O8/c1-10-19(14(34)9-17(40-5)23(10)30)11-6-16(39-4)24(31)12-7-18-28(2,3)22-21(13(33)8-15(35)25(22)32)27(37)29(18,38)26(36)20(11)12/h6,8-9,18,33-35,38H,7H2,1-5H3/t18-,29-/m1/s1. The molecule has 11 heteroatoms. The van der Waals surface area contributed by atoms with Gasteiger partial charge in [-0.2, -0.15) is 0 Å². The maximum atomic E-state index is 14.4. The van der Waals surface area contributed by atoms with Crippen LogP contribution in [0.1, 0.15) is 51.3 Å². The Bertz CT molecular complexity index is 1660. The number of carbonyl (C=O) groups excluding carboxylic acids is 2. The van der Waals surface area contributed by atoms with Crippen molar-refractivity contribution in [1.29, 1.82) is 0 Å². The fraction of sp³-hybridized carbons (Fsp3) is 0.310. The molecule has 2 aliphatic rings. The predicted molar refractivity (Wildman–Crippen MR) is 150 cm³/mol. The molecule has 4 N–H and O–H groups in total. The number of hydrogen-bond acceptors (Lipinski definition) is 8. The number of fused-ring (bicyclic) bond motifs is 3. The van der Waals surface area contributed by atoms with Crippen molar-refractivity contribution in [2.75, 3.05) is 14.2 Å². The van der Waals surface area contributed by atoms with Crippen LogP contribution in [0.15, 0.2) is 18.2 Å². The Hall–Kier alpha value is -3.17. The molecule has 0 saturated carbocycles. The molecule has 0 aliphatic heterocycles. The third kappa shape index (κ3) is 3.49. The molecule has 0 aromatic heterocycles. The lowest BCUT2D eigenvalue weighted by Gasteiger charge is -2.51. The van der Waals surface area contributed by atoms with E-state index >= 15 is 0 Å². The normalized spacial score (nSPS) is 21.0. The number of hydrogen-bond donors (Lipinski definition) is 4. The third-order valence-electron chi connectivity index (χ3n) is 8.28. The lowest BCUT2D eigenvalue weighted by molar-refractivity contribution is -0.0202. The summed E-state index contributed by atoms with van der Waals surface area (Å²) in [5.41, 5.74) is -3.25. The van der Waals surface area contributed by atoms with Gasteiger partial charge in [-0.1, -0.05) is 48.7 Å². The molecule has 0 fully saturated rings. The molecule has 0 heterocycles. The smallest absolute Gasteiger partial charge is 0.206 e. The summed E-state index contributed by atoms with van der Waals surface area (Å²) in [5, 5.41) is 44.2. The zero-order valence-electron chi connectivity index (χ0n) is 22.1. The van der Waals surface area contributed by atoms with Gasteiger partial charge in [-0.25, -0.2) is 0 Å². The lowest BCUT2D eigenvalue weighted by Crippen LogP contribution is -2.64. The van der Waals surface area contributed by atoms with Crippen molar-refractivity contribution < 1.29 is 39.5 Å². The van der Waals surface area contributed by atoms with Crippen molar-refractivity contribution in [2.45, 2.75) is 38.2 Å². The van der Waals surface area contributed by atoms with Gasteiger partial charge in [0, 0.05) is 34.7 Å². The molecule has 0 bridgehead atoms.